The maximum Gasteiger partial charge on any atom is 0.119 e. The van der Waals surface area contributed by atoms with Crippen LogP contribution in [-0.2, 0) is 9.74 Å². The van der Waals surface area contributed by atoms with Gasteiger partial charge in [-0.15, -0.1) is 5.73 Å². The van der Waals surface area contributed by atoms with Gasteiger partial charge < -0.3 is 14.8 Å². The largest absolute Gasteiger partial charge is 0.400 e. The highest BCUT2D eigenvalue weighted by Crippen LogP contribution is 2.15. The van der Waals surface area contributed by atoms with Gasteiger partial charge in [0.2, 0.25) is 0 Å². The second-order valence-corrected chi connectivity index (χ2v) is 7.85. The van der Waals surface area contributed by atoms with Gasteiger partial charge in [0.25, 0.3) is 0 Å². The molecule has 0 fully saturated rings. The smallest absolute Gasteiger partial charge is 0.119 e. The molecule has 0 rings (SSSR count). The molecule has 186 valence electrons. The Morgan fingerprint density at radius 1 is 0.903 bits per heavy atom. The van der Waals surface area contributed by atoms with Gasteiger partial charge in [-0.05, 0) is 30.2 Å². The molecule has 5 heteroatoms. The Bertz CT molecular complexity index is 385. The summed E-state index contributed by atoms with van der Waals surface area (Å²) < 4.78 is 9.79. The molecular weight excluding hydrogens is 393 g/mol. The minimum Gasteiger partial charge on any atom is -0.400 e. The van der Waals surface area contributed by atoms with Gasteiger partial charge in [-0.25, -0.2) is 0 Å². The molecule has 0 aromatic rings. The first kappa shape index (κ1) is 34.5. The molecule has 31 heavy (non-hydrogen) atoms. The van der Waals surface area contributed by atoms with E-state index in [1.165, 1.54) is 95.6 Å². The summed E-state index contributed by atoms with van der Waals surface area (Å²) in [4.78, 5) is 15.3. The summed E-state index contributed by atoms with van der Waals surface area (Å²) in [5.41, 5.74) is 4.41. The molecule has 0 spiro atoms. The Morgan fingerprint density at radius 3 is 1.58 bits per heavy atom. The Labute approximate surface area is 192 Å². The number of hydrogen-bond donors (Lipinski definition) is 1. The number of carbonyl (C=O) groups excluding carboxylic acids is 1. The summed E-state index contributed by atoms with van der Waals surface area (Å²) in [5, 5.41) is 7.00. The zero-order valence-corrected chi connectivity index (χ0v) is 21.1. The average Bonchev–Trinajstić information content (AvgIpc) is 2.78. The number of aliphatic hydroxyl groups is 1. The molecule has 0 aliphatic rings. The van der Waals surface area contributed by atoms with Crippen LogP contribution in [0.4, 0.5) is 4.53 Å². The molecule has 0 amide bonds. The summed E-state index contributed by atoms with van der Waals surface area (Å²) in [6.07, 6.45) is 22.9. The highest BCUT2D eigenvalue weighted by molar-refractivity contribution is 5.48. The van der Waals surface area contributed by atoms with Crippen molar-refractivity contribution in [3.63, 3.8) is 0 Å². The van der Waals surface area contributed by atoms with Gasteiger partial charge in [0.15, 0.2) is 0 Å². The lowest BCUT2D eigenvalue weighted by atomic mass is 10.0. The van der Waals surface area contributed by atoms with Crippen LogP contribution in [0.15, 0.2) is 18.0 Å². The lowest BCUT2D eigenvalue weighted by Crippen LogP contribution is -2.17. The van der Waals surface area contributed by atoms with Gasteiger partial charge in [-0.1, -0.05) is 90.6 Å². The molecule has 0 aliphatic heterocycles. The number of nitrogens with zero attached hydrogens (tertiary/aromatic N) is 1. The molecule has 1 N–H and O–H groups in total. The van der Waals surface area contributed by atoms with Crippen molar-refractivity contribution in [2.24, 2.45) is 0 Å². The number of allylic oxidation sites excluding steroid dienone is 1. The Hall–Kier alpha value is -1.16. The van der Waals surface area contributed by atoms with Crippen molar-refractivity contribution >= 4 is 6.29 Å². The van der Waals surface area contributed by atoms with Gasteiger partial charge in [0, 0.05) is 27.1 Å². The Morgan fingerprint density at radius 2 is 1.26 bits per heavy atom. The third-order valence-electron chi connectivity index (χ3n) is 5.21. The van der Waals surface area contributed by atoms with E-state index in [0.717, 1.165) is 46.3 Å². The molecule has 0 radical (unpaired) electrons. The Kier molecular flexibility index (Phi) is 37.2. The van der Waals surface area contributed by atoms with Crippen LogP contribution in [0, 0.1) is 0 Å². The number of aliphatic hydroxyl groups excluding tert-OH is 1. The predicted octanol–water partition coefficient (Wildman–Crippen LogP) is 7.56. The summed E-state index contributed by atoms with van der Waals surface area (Å²) in [6.45, 7) is 7.17. The molecule has 0 aliphatic carbocycles. The fraction of sp³-hybridized carbons (Fsp3) is 0.846. The van der Waals surface area contributed by atoms with Crippen LogP contribution in [0.5, 0.6) is 0 Å². The van der Waals surface area contributed by atoms with E-state index < -0.39 is 0 Å². The highest BCUT2D eigenvalue weighted by atomic mass is 19.3. The average molecular weight is 446 g/mol. The lowest BCUT2D eigenvalue weighted by molar-refractivity contribution is -0.107. The van der Waals surface area contributed by atoms with E-state index in [2.05, 4.69) is 36.1 Å². The summed E-state index contributed by atoms with van der Waals surface area (Å²) >= 11 is 0. The molecule has 0 aromatic carbocycles. The zero-order valence-electron chi connectivity index (χ0n) is 21.1. The number of rotatable bonds is 20. The van der Waals surface area contributed by atoms with Crippen LogP contribution in [0.25, 0.3) is 0 Å². The van der Waals surface area contributed by atoms with E-state index in [1.54, 1.807) is 0 Å². The monoisotopic (exact) mass is 445 g/mol. The number of carbonyl (C=O) groups is 1. The molecule has 0 bridgehead atoms. The van der Waals surface area contributed by atoms with Crippen molar-refractivity contribution in [2.45, 2.75) is 116 Å². The number of halogens is 1. The summed E-state index contributed by atoms with van der Waals surface area (Å²) in [7, 11) is 4.12. The number of unbranched alkanes of at least 4 members (excludes halogenated alkanes) is 14. The number of hydrogen-bond acceptors (Lipinski definition) is 4. The highest BCUT2D eigenvalue weighted by Gasteiger charge is 2.02. The summed E-state index contributed by atoms with van der Waals surface area (Å²) in [6, 6.07) is 0. The van der Waals surface area contributed by atoms with Crippen LogP contribution in [-0.4, -0.2) is 44.1 Å². The molecule has 0 heterocycles. The number of aldehydes is 1. The van der Waals surface area contributed by atoms with E-state index in [1.807, 2.05) is 0 Å². The van der Waals surface area contributed by atoms with Crippen molar-refractivity contribution in [3.8, 4) is 0 Å². The molecule has 4 nitrogen and oxygen atoms in total. The quantitative estimate of drug-likeness (QED) is 0.119. The first-order valence-corrected chi connectivity index (χ1v) is 12.3. The van der Waals surface area contributed by atoms with E-state index in [4.69, 9.17) is 5.11 Å². The first-order chi connectivity index (χ1) is 15.2. The van der Waals surface area contributed by atoms with Crippen LogP contribution < -0.4 is 0 Å². The minimum absolute atomic E-state index is 0.752. The zero-order chi connectivity index (χ0) is 24.0. The minimum atomic E-state index is 0.752. The van der Waals surface area contributed by atoms with E-state index >= 15 is 0 Å². The van der Waals surface area contributed by atoms with Crippen LogP contribution in [0.1, 0.15) is 116 Å². The summed E-state index contributed by atoms with van der Waals surface area (Å²) in [5.74, 6) is 0. The van der Waals surface area contributed by atoms with Gasteiger partial charge in [-0.2, -0.15) is 4.94 Å². The van der Waals surface area contributed by atoms with Gasteiger partial charge in [0.05, 0.1) is 12.8 Å². The second kappa shape index (κ2) is 33.5. The standard InChI is InChI=1S/C24H45NO.CH3FO.CH4O/c1-4-22-25(3)24(5-2)21-19-17-15-13-11-9-7-6-8-10-12-14-16-18-20-23-26;1-3-2;1-2/h23H,2,4,6-22H2,1,3H3;1H3;2H,1H3. The van der Waals surface area contributed by atoms with E-state index in [0.29, 0.717) is 0 Å². The van der Waals surface area contributed by atoms with Gasteiger partial charge >= 0.3 is 0 Å². The molecule has 0 saturated carbocycles. The van der Waals surface area contributed by atoms with Crippen molar-refractivity contribution in [1.82, 2.24) is 4.90 Å². The second-order valence-electron chi connectivity index (χ2n) is 7.85. The fourth-order valence-electron chi connectivity index (χ4n) is 3.53. The molecule has 0 aromatic heterocycles. The predicted molar refractivity (Wildman–Crippen MR) is 132 cm³/mol. The first-order valence-electron chi connectivity index (χ1n) is 12.3. The topological polar surface area (TPSA) is 49.8 Å². The third-order valence-corrected chi connectivity index (χ3v) is 5.21. The fourth-order valence-corrected chi connectivity index (χ4v) is 3.53. The van der Waals surface area contributed by atoms with Crippen molar-refractivity contribution in [3.05, 3.63) is 18.0 Å². The maximum absolute atomic E-state index is 10.2. The molecule has 0 unspecified atom stereocenters. The third kappa shape index (κ3) is 31.1. The van der Waals surface area contributed by atoms with Crippen LogP contribution >= 0.6 is 0 Å². The van der Waals surface area contributed by atoms with Crippen molar-refractivity contribution in [2.75, 3.05) is 27.8 Å². The molecule has 0 atom stereocenters. The van der Waals surface area contributed by atoms with E-state index in [-0.39, 0.29) is 0 Å². The molecular formula is C26H52FNO3. The normalized spacial score (nSPS) is 9.61. The maximum atomic E-state index is 10.2. The van der Waals surface area contributed by atoms with Crippen molar-refractivity contribution < 1.29 is 19.4 Å². The van der Waals surface area contributed by atoms with Gasteiger partial charge in [-0.3, -0.25) is 0 Å². The van der Waals surface area contributed by atoms with Crippen LogP contribution in [0.3, 0.4) is 0 Å². The lowest BCUT2D eigenvalue weighted by Gasteiger charge is -2.20. The Balaban J connectivity index is -0.00000143. The van der Waals surface area contributed by atoms with Gasteiger partial charge in [0.1, 0.15) is 6.29 Å². The SMILES string of the molecule is C=C=C(CCCCCCCCCCCCCCCCC=O)N(C)CCC.CO.COF. The molecule has 0 saturated heterocycles. The van der Waals surface area contributed by atoms with Crippen LogP contribution in [0.2, 0.25) is 0 Å². The van der Waals surface area contributed by atoms with Crippen molar-refractivity contribution in [1.29, 1.82) is 0 Å². The van der Waals surface area contributed by atoms with E-state index in [9.17, 15) is 9.32 Å².